The summed E-state index contributed by atoms with van der Waals surface area (Å²) in [5, 5.41) is 0. The molecule has 0 saturated carbocycles. The first kappa shape index (κ1) is 11.8. The lowest BCUT2D eigenvalue weighted by Crippen LogP contribution is -2.05. The van der Waals surface area contributed by atoms with Crippen LogP contribution in [0.5, 0.6) is 0 Å². The number of esters is 1. The van der Waals surface area contributed by atoms with Crippen LogP contribution in [0.1, 0.15) is 32.3 Å². The molecule has 0 unspecified atom stereocenters. The molecule has 0 amide bonds. The minimum Gasteiger partial charge on any atom is -0.461 e. The van der Waals surface area contributed by atoms with Crippen molar-refractivity contribution in [2.75, 3.05) is 0 Å². The molecule has 1 radical (unpaired) electrons. The quantitative estimate of drug-likeness (QED) is 0.690. The third-order valence-corrected chi connectivity index (χ3v) is 2.07. The Hall–Kier alpha value is -1.31. The lowest BCUT2D eigenvalue weighted by molar-refractivity contribution is -0.145. The normalized spacial score (nSPS) is 10.3. The first-order valence-electron chi connectivity index (χ1n) is 5.17. The van der Waals surface area contributed by atoms with Crippen LogP contribution in [0.15, 0.2) is 30.3 Å². The Kier molecular flexibility index (Phi) is 4.88. The molecule has 0 aliphatic rings. The van der Waals surface area contributed by atoms with Crippen molar-refractivity contribution in [1.82, 2.24) is 0 Å². The summed E-state index contributed by atoms with van der Waals surface area (Å²) in [5.74, 6) is 1.13. The van der Waals surface area contributed by atoms with Crippen molar-refractivity contribution in [3.8, 4) is 0 Å². The Balaban J connectivity index is 2.23. The molecule has 15 heavy (non-hydrogen) atoms. The molecule has 0 N–H and O–H groups in total. The fourth-order valence-electron chi connectivity index (χ4n) is 1.16. The average Bonchev–Trinajstić information content (AvgIpc) is 2.25. The van der Waals surface area contributed by atoms with E-state index >= 15 is 0 Å². The molecule has 0 bridgehead atoms. The highest BCUT2D eigenvalue weighted by Gasteiger charge is 2.04. The minimum absolute atomic E-state index is 0.125. The molecule has 1 rings (SSSR count). The van der Waals surface area contributed by atoms with Crippen molar-refractivity contribution in [2.24, 2.45) is 0 Å². The third-order valence-electron chi connectivity index (χ3n) is 2.07. The summed E-state index contributed by atoms with van der Waals surface area (Å²) in [5.41, 5.74) is 1.03. The van der Waals surface area contributed by atoms with Crippen molar-refractivity contribution in [3.63, 3.8) is 0 Å². The highest BCUT2D eigenvalue weighted by atomic mass is 16.5. The molecule has 0 saturated heterocycles. The molecule has 0 spiro atoms. The van der Waals surface area contributed by atoms with Gasteiger partial charge >= 0.3 is 5.97 Å². The minimum atomic E-state index is -0.125. The maximum absolute atomic E-state index is 11.3. The number of hydrogen-bond acceptors (Lipinski definition) is 2. The van der Waals surface area contributed by atoms with Crippen LogP contribution in [0.3, 0.4) is 0 Å². The average molecular weight is 205 g/mol. The second-order valence-corrected chi connectivity index (χ2v) is 3.85. The Bertz CT molecular complexity index is 291. The fraction of sp³-hybridized carbons (Fsp3) is 0.385. The van der Waals surface area contributed by atoms with Crippen LogP contribution < -0.4 is 0 Å². The van der Waals surface area contributed by atoms with Gasteiger partial charge in [0, 0.05) is 6.42 Å². The van der Waals surface area contributed by atoms with E-state index < -0.39 is 0 Å². The second-order valence-electron chi connectivity index (χ2n) is 3.85. The van der Waals surface area contributed by atoms with Crippen LogP contribution in [0, 0.1) is 5.92 Å². The van der Waals surface area contributed by atoms with Gasteiger partial charge in [-0.05, 0) is 17.9 Å². The monoisotopic (exact) mass is 205 g/mol. The molecule has 0 aliphatic heterocycles. The van der Waals surface area contributed by atoms with Gasteiger partial charge in [-0.3, -0.25) is 4.79 Å². The predicted molar refractivity (Wildman–Crippen MR) is 60.1 cm³/mol. The van der Waals surface area contributed by atoms with Crippen molar-refractivity contribution in [3.05, 3.63) is 41.8 Å². The van der Waals surface area contributed by atoms with Crippen LogP contribution in [0.4, 0.5) is 0 Å². The summed E-state index contributed by atoms with van der Waals surface area (Å²) in [6.45, 7) is 4.41. The molecular weight excluding hydrogens is 188 g/mol. The van der Waals surface area contributed by atoms with Gasteiger partial charge in [0.15, 0.2) is 0 Å². The van der Waals surface area contributed by atoms with E-state index in [1.54, 1.807) is 0 Å². The maximum atomic E-state index is 11.3. The molecule has 1 aromatic carbocycles. The Morgan fingerprint density at radius 2 is 1.80 bits per heavy atom. The van der Waals surface area contributed by atoms with E-state index in [0.717, 1.165) is 12.0 Å². The number of carbonyl (C=O) groups is 1. The number of ether oxygens (including phenoxy) is 1. The van der Waals surface area contributed by atoms with Gasteiger partial charge in [-0.25, -0.2) is 0 Å². The zero-order valence-electron chi connectivity index (χ0n) is 9.32. The number of carbonyl (C=O) groups excluding carboxylic acids is 1. The molecule has 2 heteroatoms. The second kappa shape index (κ2) is 6.23. The van der Waals surface area contributed by atoms with Gasteiger partial charge in [0.1, 0.15) is 6.61 Å². The van der Waals surface area contributed by atoms with Crippen LogP contribution in [-0.2, 0) is 16.1 Å². The largest absolute Gasteiger partial charge is 0.461 e. The van der Waals surface area contributed by atoms with E-state index in [9.17, 15) is 4.79 Å². The van der Waals surface area contributed by atoms with Gasteiger partial charge in [-0.1, -0.05) is 44.2 Å². The van der Waals surface area contributed by atoms with E-state index in [-0.39, 0.29) is 5.97 Å². The highest BCUT2D eigenvalue weighted by molar-refractivity contribution is 5.69. The van der Waals surface area contributed by atoms with Crippen LogP contribution in [0.2, 0.25) is 0 Å². The third kappa shape index (κ3) is 5.21. The molecular formula is C13H17O2. The molecule has 2 nitrogen and oxygen atoms in total. The van der Waals surface area contributed by atoms with E-state index in [2.05, 4.69) is 0 Å². The molecule has 0 fully saturated rings. The Labute approximate surface area is 91.3 Å². The van der Waals surface area contributed by atoms with E-state index in [1.165, 1.54) is 5.92 Å². The summed E-state index contributed by atoms with van der Waals surface area (Å²) in [7, 11) is 0. The lowest BCUT2D eigenvalue weighted by Gasteiger charge is -2.05. The zero-order chi connectivity index (χ0) is 11.1. The lowest BCUT2D eigenvalue weighted by atomic mass is 10.1. The topological polar surface area (TPSA) is 26.3 Å². The van der Waals surface area contributed by atoms with E-state index in [1.807, 2.05) is 44.2 Å². The summed E-state index contributed by atoms with van der Waals surface area (Å²) < 4.78 is 5.13. The van der Waals surface area contributed by atoms with E-state index in [4.69, 9.17) is 4.74 Å². The SMILES string of the molecule is C[C](C)CCC(=O)OCc1ccccc1. The molecule has 1 aromatic rings. The van der Waals surface area contributed by atoms with Gasteiger partial charge in [-0.15, -0.1) is 0 Å². The van der Waals surface area contributed by atoms with Gasteiger partial charge in [0.05, 0.1) is 0 Å². The number of benzene rings is 1. The molecule has 81 valence electrons. The van der Waals surface area contributed by atoms with Gasteiger partial charge < -0.3 is 4.74 Å². The standard InChI is InChI=1S/C13H17O2/c1-11(2)8-9-13(14)15-10-12-6-4-3-5-7-12/h3-7H,8-10H2,1-2H3. The van der Waals surface area contributed by atoms with Gasteiger partial charge in [0.25, 0.3) is 0 Å². The number of hydrogen-bond donors (Lipinski definition) is 0. The van der Waals surface area contributed by atoms with Crippen LogP contribution in [-0.4, -0.2) is 5.97 Å². The van der Waals surface area contributed by atoms with Crippen molar-refractivity contribution in [2.45, 2.75) is 33.3 Å². The molecule has 0 heterocycles. The first-order chi connectivity index (χ1) is 7.18. The predicted octanol–water partition coefficient (Wildman–Crippen LogP) is 3.12. The smallest absolute Gasteiger partial charge is 0.306 e. The summed E-state index contributed by atoms with van der Waals surface area (Å²) in [6, 6.07) is 9.72. The first-order valence-corrected chi connectivity index (χ1v) is 5.17. The highest BCUT2D eigenvalue weighted by Crippen LogP contribution is 2.08. The summed E-state index contributed by atoms with van der Waals surface area (Å²) >= 11 is 0. The molecule has 0 aromatic heterocycles. The fourth-order valence-corrected chi connectivity index (χ4v) is 1.16. The van der Waals surface area contributed by atoms with E-state index in [0.29, 0.717) is 13.0 Å². The number of rotatable bonds is 5. The summed E-state index contributed by atoms with van der Waals surface area (Å²) in [4.78, 5) is 11.3. The van der Waals surface area contributed by atoms with Crippen LogP contribution >= 0.6 is 0 Å². The molecule has 0 atom stereocenters. The Morgan fingerprint density at radius 3 is 2.40 bits per heavy atom. The van der Waals surface area contributed by atoms with Crippen LogP contribution in [0.25, 0.3) is 0 Å². The Morgan fingerprint density at radius 1 is 1.13 bits per heavy atom. The van der Waals surface area contributed by atoms with Crippen molar-refractivity contribution < 1.29 is 9.53 Å². The summed E-state index contributed by atoms with van der Waals surface area (Å²) in [6.07, 6.45) is 1.29. The van der Waals surface area contributed by atoms with Gasteiger partial charge in [-0.2, -0.15) is 0 Å². The maximum Gasteiger partial charge on any atom is 0.306 e. The van der Waals surface area contributed by atoms with Crippen molar-refractivity contribution in [1.29, 1.82) is 0 Å². The molecule has 0 aliphatic carbocycles. The zero-order valence-corrected chi connectivity index (χ0v) is 9.32. The van der Waals surface area contributed by atoms with Crippen molar-refractivity contribution >= 4 is 5.97 Å². The van der Waals surface area contributed by atoms with Gasteiger partial charge in [0.2, 0.25) is 0 Å².